The minimum absolute atomic E-state index is 0.0884. The van der Waals surface area contributed by atoms with Gasteiger partial charge in [0.15, 0.2) is 6.29 Å². The normalized spacial score (nSPS) is 45.4. The Morgan fingerprint density at radius 1 is 1.13 bits per heavy atom. The van der Waals surface area contributed by atoms with Gasteiger partial charge in [-0.2, -0.15) is 0 Å². The largest absolute Gasteiger partial charge is 0.394 e. The summed E-state index contributed by atoms with van der Waals surface area (Å²) in [5.41, 5.74) is -0.772. The van der Waals surface area contributed by atoms with E-state index in [1.54, 1.807) is 0 Å². The second-order valence-electron chi connectivity index (χ2n) is 6.14. The SMILES string of the molecule is CC(C)O[C@H]1O[C@H](CO)[C@H](S[C@@H]2OC[C@@H](O)[C@H](O)[C@H]2O)C[C@@H]1O. The van der Waals surface area contributed by atoms with E-state index in [2.05, 4.69) is 0 Å². The van der Waals surface area contributed by atoms with E-state index in [4.69, 9.17) is 14.2 Å². The summed E-state index contributed by atoms with van der Waals surface area (Å²) in [5.74, 6) is 0. The minimum Gasteiger partial charge on any atom is -0.394 e. The van der Waals surface area contributed by atoms with E-state index in [1.165, 1.54) is 11.8 Å². The number of thioether (sulfide) groups is 1. The topological polar surface area (TPSA) is 129 Å². The van der Waals surface area contributed by atoms with Crippen LogP contribution in [0.3, 0.4) is 0 Å². The zero-order valence-corrected chi connectivity index (χ0v) is 14.0. The van der Waals surface area contributed by atoms with Gasteiger partial charge in [-0.1, -0.05) is 0 Å². The van der Waals surface area contributed by atoms with Gasteiger partial charge in [0.1, 0.15) is 29.9 Å². The molecule has 0 bridgehead atoms. The van der Waals surface area contributed by atoms with E-state index in [9.17, 15) is 25.5 Å². The molecule has 0 aromatic carbocycles. The van der Waals surface area contributed by atoms with Crippen molar-refractivity contribution in [3.63, 3.8) is 0 Å². The molecule has 0 aromatic rings. The predicted molar refractivity (Wildman–Crippen MR) is 81.7 cm³/mol. The number of ether oxygens (including phenoxy) is 3. The van der Waals surface area contributed by atoms with Gasteiger partial charge in [0.2, 0.25) is 0 Å². The molecule has 2 aliphatic heterocycles. The number of rotatable bonds is 5. The van der Waals surface area contributed by atoms with Crippen molar-refractivity contribution in [1.29, 1.82) is 0 Å². The Hall–Kier alpha value is 0.0300. The van der Waals surface area contributed by atoms with Crippen molar-refractivity contribution in [3.8, 4) is 0 Å². The van der Waals surface area contributed by atoms with E-state index < -0.39 is 42.2 Å². The Kier molecular flexibility index (Phi) is 7.08. The third-order valence-electron chi connectivity index (χ3n) is 3.86. The lowest BCUT2D eigenvalue weighted by molar-refractivity contribution is -0.254. The van der Waals surface area contributed by atoms with Gasteiger partial charge in [0.25, 0.3) is 0 Å². The molecule has 9 heteroatoms. The van der Waals surface area contributed by atoms with Crippen LogP contribution < -0.4 is 0 Å². The molecular formula is C14H26O8S. The van der Waals surface area contributed by atoms with Crippen molar-refractivity contribution in [2.24, 2.45) is 0 Å². The molecule has 8 nitrogen and oxygen atoms in total. The Balaban J connectivity index is 1.96. The van der Waals surface area contributed by atoms with Crippen LogP contribution in [-0.4, -0.2) is 92.3 Å². The van der Waals surface area contributed by atoms with Gasteiger partial charge in [-0.3, -0.25) is 0 Å². The third-order valence-corrected chi connectivity index (χ3v) is 5.39. The first-order valence-corrected chi connectivity index (χ1v) is 8.68. The molecule has 2 fully saturated rings. The third kappa shape index (κ3) is 4.77. The maximum Gasteiger partial charge on any atom is 0.184 e. The summed E-state index contributed by atoms with van der Waals surface area (Å²) < 4.78 is 16.4. The van der Waals surface area contributed by atoms with E-state index >= 15 is 0 Å². The highest BCUT2D eigenvalue weighted by molar-refractivity contribution is 8.00. The highest BCUT2D eigenvalue weighted by Gasteiger charge is 2.44. The summed E-state index contributed by atoms with van der Waals surface area (Å²) in [4.78, 5) is 0. The van der Waals surface area contributed by atoms with Gasteiger partial charge in [-0.25, -0.2) is 0 Å². The second-order valence-corrected chi connectivity index (χ2v) is 7.48. The highest BCUT2D eigenvalue weighted by atomic mass is 32.2. The molecule has 0 saturated carbocycles. The van der Waals surface area contributed by atoms with Gasteiger partial charge in [-0.15, -0.1) is 11.8 Å². The molecule has 8 atom stereocenters. The average Bonchev–Trinajstić information content (AvgIpc) is 2.50. The number of hydrogen-bond donors (Lipinski definition) is 5. The molecule has 0 aliphatic carbocycles. The Bertz CT molecular complexity index is 371. The average molecular weight is 354 g/mol. The fraction of sp³-hybridized carbons (Fsp3) is 1.00. The van der Waals surface area contributed by atoms with Crippen LogP contribution >= 0.6 is 11.8 Å². The molecule has 0 spiro atoms. The van der Waals surface area contributed by atoms with Crippen LogP contribution in [0.1, 0.15) is 20.3 Å². The van der Waals surface area contributed by atoms with E-state index in [-0.39, 0.29) is 24.6 Å². The summed E-state index contributed by atoms with van der Waals surface area (Å²) in [6.07, 6.45) is -5.79. The smallest absolute Gasteiger partial charge is 0.184 e. The molecule has 0 radical (unpaired) electrons. The van der Waals surface area contributed by atoms with Crippen LogP contribution in [0.4, 0.5) is 0 Å². The highest BCUT2D eigenvalue weighted by Crippen LogP contribution is 2.36. The first-order valence-electron chi connectivity index (χ1n) is 7.74. The first kappa shape index (κ1) is 19.4. The molecule has 2 rings (SSSR count). The molecule has 0 aromatic heterocycles. The van der Waals surface area contributed by atoms with Gasteiger partial charge in [0, 0.05) is 5.25 Å². The maximum absolute atomic E-state index is 10.2. The van der Waals surface area contributed by atoms with E-state index in [0.717, 1.165) is 0 Å². The zero-order chi connectivity index (χ0) is 17.1. The van der Waals surface area contributed by atoms with Crippen LogP contribution in [0.25, 0.3) is 0 Å². The van der Waals surface area contributed by atoms with Crippen molar-refractivity contribution in [2.75, 3.05) is 13.2 Å². The number of aliphatic hydroxyl groups excluding tert-OH is 5. The summed E-state index contributed by atoms with van der Waals surface area (Å²) in [6.45, 7) is 3.29. The fourth-order valence-electron chi connectivity index (χ4n) is 2.62. The van der Waals surface area contributed by atoms with Gasteiger partial charge >= 0.3 is 0 Å². The molecule has 0 amide bonds. The molecule has 2 aliphatic rings. The molecule has 2 saturated heterocycles. The van der Waals surface area contributed by atoms with E-state index in [1.807, 2.05) is 13.8 Å². The first-order chi connectivity index (χ1) is 10.8. The summed E-state index contributed by atoms with van der Waals surface area (Å²) >= 11 is 1.17. The number of aliphatic hydroxyl groups is 5. The van der Waals surface area contributed by atoms with Crippen molar-refractivity contribution in [1.82, 2.24) is 0 Å². The molecule has 0 unspecified atom stereocenters. The Morgan fingerprint density at radius 3 is 2.43 bits per heavy atom. The lowest BCUT2D eigenvalue weighted by Gasteiger charge is -2.42. The van der Waals surface area contributed by atoms with E-state index in [0.29, 0.717) is 6.42 Å². The molecular weight excluding hydrogens is 328 g/mol. The van der Waals surface area contributed by atoms with Crippen LogP contribution in [0.5, 0.6) is 0 Å². The zero-order valence-electron chi connectivity index (χ0n) is 13.2. The fourth-order valence-corrected chi connectivity index (χ4v) is 4.08. The minimum atomic E-state index is -1.29. The van der Waals surface area contributed by atoms with Crippen LogP contribution in [-0.2, 0) is 14.2 Å². The summed E-state index contributed by atoms with van der Waals surface area (Å²) in [5, 5.41) is 48.5. The molecule has 2 heterocycles. The summed E-state index contributed by atoms with van der Waals surface area (Å²) in [6, 6.07) is 0. The second kappa shape index (κ2) is 8.41. The maximum atomic E-state index is 10.2. The molecule has 23 heavy (non-hydrogen) atoms. The summed E-state index contributed by atoms with van der Waals surface area (Å²) in [7, 11) is 0. The van der Waals surface area contributed by atoms with Gasteiger partial charge in [-0.05, 0) is 20.3 Å². The van der Waals surface area contributed by atoms with Crippen LogP contribution in [0.2, 0.25) is 0 Å². The van der Waals surface area contributed by atoms with Gasteiger partial charge in [0.05, 0.1) is 25.4 Å². The molecule has 5 N–H and O–H groups in total. The van der Waals surface area contributed by atoms with Crippen LogP contribution in [0, 0.1) is 0 Å². The number of hydrogen-bond acceptors (Lipinski definition) is 9. The van der Waals surface area contributed by atoms with Crippen molar-refractivity contribution in [3.05, 3.63) is 0 Å². The Morgan fingerprint density at radius 2 is 1.83 bits per heavy atom. The van der Waals surface area contributed by atoms with Crippen molar-refractivity contribution >= 4 is 11.8 Å². The predicted octanol–water partition coefficient (Wildman–Crippen LogP) is -1.58. The van der Waals surface area contributed by atoms with Gasteiger partial charge < -0.3 is 39.7 Å². The molecule has 136 valence electrons. The van der Waals surface area contributed by atoms with Crippen molar-refractivity contribution in [2.45, 2.75) is 73.9 Å². The lowest BCUT2D eigenvalue weighted by Crippen LogP contribution is -2.54. The standard InChI is InChI=1S/C14H26O8S/c1-6(2)21-13-7(16)3-10(9(4-15)22-13)23-14-12(19)11(18)8(17)5-20-14/h6-19H,3-5H2,1-2H3/t7-,8+,9+,10+,11-,12+,13-,14-/m0/s1. The Labute approximate surface area is 139 Å². The van der Waals surface area contributed by atoms with Crippen LogP contribution in [0.15, 0.2) is 0 Å². The quantitative estimate of drug-likeness (QED) is 0.397. The van der Waals surface area contributed by atoms with Crippen molar-refractivity contribution < 1.29 is 39.7 Å². The monoisotopic (exact) mass is 354 g/mol. The lowest BCUT2D eigenvalue weighted by atomic mass is 10.1.